The Kier molecular flexibility index (Phi) is 6.44. The first-order valence-electron chi connectivity index (χ1n) is 11.9. The fraction of sp³-hybridized carbons (Fsp3) is 0.500. The highest BCUT2D eigenvalue weighted by Gasteiger charge is 2.49. The monoisotopic (exact) mass is 523 g/mol. The Morgan fingerprint density at radius 1 is 1.19 bits per heavy atom. The lowest BCUT2D eigenvalue weighted by molar-refractivity contribution is -0.127. The van der Waals surface area contributed by atoms with Crippen LogP contribution in [0.3, 0.4) is 0 Å². The van der Waals surface area contributed by atoms with Gasteiger partial charge < -0.3 is 20.1 Å². The smallest absolute Gasteiger partial charge is 0.272 e. The zero-order chi connectivity index (χ0) is 25.6. The molecule has 2 aromatic rings. The molecule has 192 valence electrons. The summed E-state index contributed by atoms with van der Waals surface area (Å²) in [6.07, 6.45) is 1.67. The molecule has 2 saturated heterocycles. The van der Waals surface area contributed by atoms with Gasteiger partial charge in [0.2, 0.25) is 12.3 Å². The minimum atomic E-state index is -2.49. The Balaban J connectivity index is 1.18. The first kappa shape index (κ1) is 24.6. The van der Waals surface area contributed by atoms with Crippen LogP contribution in [0.4, 0.5) is 18.9 Å². The highest BCUT2D eigenvalue weighted by Crippen LogP contribution is 2.47. The highest BCUT2D eigenvalue weighted by molar-refractivity contribution is 6.34. The summed E-state index contributed by atoms with van der Waals surface area (Å²) in [5, 5.41) is 3.09. The first-order valence-corrected chi connectivity index (χ1v) is 12.2. The van der Waals surface area contributed by atoms with Crippen molar-refractivity contribution in [2.75, 3.05) is 24.5 Å². The third-order valence-corrected chi connectivity index (χ3v) is 7.92. The number of imidazole rings is 1. The van der Waals surface area contributed by atoms with E-state index in [1.807, 2.05) is 0 Å². The Morgan fingerprint density at radius 3 is 2.58 bits per heavy atom. The lowest BCUT2D eigenvalue weighted by Crippen LogP contribution is -2.53. The molecule has 1 spiro atoms. The molecule has 1 aromatic heterocycles. The van der Waals surface area contributed by atoms with Gasteiger partial charge in [-0.05, 0) is 50.3 Å². The van der Waals surface area contributed by atoms with Crippen LogP contribution in [0.15, 0.2) is 24.5 Å². The van der Waals surface area contributed by atoms with E-state index in [2.05, 4.69) is 15.3 Å². The molecule has 3 amide bonds. The SMILES string of the molecule is O=C(NC1CCC2(CC1)CCN(c1ccc(F)cc1Cl)C2=O)c1nc[nH]c1C(=O)N1CC(C(F)F)C1. The number of hydrogen-bond acceptors (Lipinski definition) is 4. The number of H-pyrrole nitrogens is 1. The maximum Gasteiger partial charge on any atom is 0.272 e. The molecule has 2 aliphatic heterocycles. The van der Waals surface area contributed by atoms with Crippen molar-refractivity contribution in [2.45, 2.75) is 44.6 Å². The van der Waals surface area contributed by atoms with Crippen molar-refractivity contribution in [1.29, 1.82) is 0 Å². The number of benzene rings is 1. The molecule has 0 bridgehead atoms. The zero-order valence-electron chi connectivity index (χ0n) is 19.3. The highest BCUT2D eigenvalue weighted by atomic mass is 35.5. The molecule has 5 rings (SSSR count). The van der Waals surface area contributed by atoms with Crippen molar-refractivity contribution in [3.8, 4) is 0 Å². The molecule has 3 fully saturated rings. The lowest BCUT2D eigenvalue weighted by atomic mass is 9.71. The summed E-state index contributed by atoms with van der Waals surface area (Å²) in [5.41, 5.74) is -0.154. The van der Waals surface area contributed by atoms with E-state index in [1.54, 1.807) is 4.90 Å². The van der Waals surface area contributed by atoms with Gasteiger partial charge in [0.1, 0.15) is 11.5 Å². The van der Waals surface area contributed by atoms with E-state index in [4.69, 9.17) is 11.6 Å². The third-order valence-electron chi connectivity index (χ3n) is 7.61. The number of carbonyl (C=O) groups excluding carboxylic acids is 3. The van der Waals surface area contributed by atoms with Crippen molar-refractivity contribution >= 4 is 35.0 Å². The first-order chi connectivity index (χ1) is 17.2. The van der Waals surface area contributed by atoms with Crippen LogP contribution in [0.2, 0.25) is 5.02 Å². The average Bonchev–Trinajstić information content (AvgIpc) is 3.41. The van der Waals surface area contributed by atoms with Crippen molar-refractivity contribution < 1.29 is 27.6 Å². The maximum absolute atomic E-state index is 13.4. The van der Waals surface area contributed by atoms with Gasteiger partial charge in [-0.15, -0.1) is 0 Å². The van der Waals surface area contributed by atoms with Crippen LogP contribution in [0, 0.1) is 17.2 Å². The van der Waals surface area contributed by atoms with Gasteiger partial charge in [0.05, 0.1) is 28.4 Å². The molecule has 2 N–H and O–H groups in total. The molecule has 1 aliphatic carbocycles. The molecule has 0 radical (unpaired) electrons. The van der Waals surface area contributed by atoms with E-state index < -0.39 is 35.4 Å². The van der Waals surface area contributed by atoms with Gasteiger partial charge in [-0.1, -0.05) is 11.6 Å². The molecule has 3 aliphatic rings. The number of likely N-dealkylation sites (tertiary alicyclic amines) is 1. The minimum absolute atomic E-state index is 0.0229. The number of aromatic amines is 1. The van der Waals surface area contributed by atoms with Crippen molar-refractivity contribution in [3.63, 3.8) is 0 Å². The number of nitrogens with zero attached hydrogens (tertiary/aromatic N) is 3. The molecule has 1 saturated carbocycles. The van der Waals surface area contributed by atoms with Gasteiger partial charge in [-0.25, -0.2) is 18.2 Å². The lowest BCUT2D eigenvalue weighted by Gasteiger charge is -2.38. The number of halogens is 4. The number of hydrogen-bond donors (Lipinski definition) is 2. The van der Waals surface area contributed by atoms with Crippen molar-refractivity contribution in [3.05, 3.63) is 46.8 Å². The van der Waals surface area contributed by atoms with Crippen LogP contribution < -0.4 is 10.2 Å². The van der Waals surface area contributed by atoms with Gasteiger partial charge in [0, 0.05) is 25.7 Å². The third kappa shape index (κ3) is 4.33. The van der Waals surface area contributed by atoms with Crippen molar-refractivity contribution in [2.24, 2.45) is 11.3 Å². The quantitative estimate of drug-likeness (QED) is 0.625. The summed E-state index contributed by atoms with van der Waals surface area (Å²) in [7, 11) is 0. The summed E-state index contributed by atoms with van der Waals surface area (Å²) >= 11 is 6.17. The Morgan fingerprint density at radius 2 is 1.92 bits per heavy atom. The predicted octanol–water partition coefficient (Wildman–Crippen LogP) is 3.64. The van der Waals surface area contributed by atoms with Crippen LogP contribution in [0.25, 0.3) is 0 Å². The molecular weight excluding hydrogens is 499 g/mol. The Hall–Kier alpha value is -3.08. The summed E-state index contributed by atoms with van der Waals surface area (Å²) < 4.78 is 38.9. The molecule has 36 heavy (non-hydrogen) atoms. The normalized spacial score (nSPS) is 24.5. The van der Waals surface area contributed by atoms with E-state index in [9.17, 15) is 27.6 Å². The number of rotatable bonds is 5. The largest absolute Gasteiger partial charge is 0.348 e. The average molecular weight is 524 g/mol. The van der Waals surface area contributed by atoms with E-state index in [0.717, 1.165) is 0 Å². The molecule has 0 atom stereocenters. The maximum atomic E-state index is 13.4. The van der Waals surface area contributed by atoms with Crippen molar-refractivity contribution in [1.82, 2.24) is 20.2 Å². The van der Waals surface area contributed by atoms with Gasteiger partial charge in [-0.3, -0.25) is 14.4 Å². The number of nitrogens with one attached hydrogen (secondary N) is 2. The van der Waals surface area contributed by atoms with Gasteiger partial charge >= 0.3 is 0 Å². The van der Waals surface area contributed by atoms with Crippen LogP contribution in [0.1, 0.15) is 53.1 Å². The predicted molar refractivity (Wildman–Crippen MR) is 125 cm³/mol. The second kappa shape index (κ2) is 9.42. The van der Waals surface area contributed by atoms with Crippen LogP contribution >= 0.6 is 11.6 Å². The number of alkyl halides is 2. The molecule has 12 heteroatoms. The fourth-order valence-corrected chi connectivity index (χ4v) is 5.68. The van der Waals surface area contributed by atoms with Crippen LogP contribution in [-0.4, -0.2) is 64.7 Å². The van der Waals surface area contributed by atoms with E-state index in [-0.39, 0.29) is 41.4 Å². The number of aromatic nitrogens is 2. The van der Waals surface area contributed by atoms with E-state index in [1.165, 1.54) is 29.4 Å². The molecule has 1 aromatic carbocycles. The van der Waals surface area contributed by atoms with Gasteiger partial charge in [0.25, 0.3) is 11.8 Å². The van der Waals surface area contributed by atoms with Gasteiger partial charge in [0.15, 0.2) is 5.69 Å². The molecular formula is C24H25ClF3N5O3. The van der Waals surface area contributed by atoms with E-state index >= 15 is 0 Å². The molecule has 3 heterocycles. The molecule has 8 nitrogen and oxygen atoms in total. The zero-order valence-corrected chi connectivity index (χ0v) is 20.0. The number of amides is 3. The Bertz CT molecular complexity index is 1190. The number of anilines is 1. The summed E-state index contributed by atoms with van der Waals surface area (Å²) in [5.74, 6) is -2.42. The van der Waals surface area contributed by atoms with Crippen LogP contribution in [0.5, 0.6) is 0 Å². The summed E-state index contributed by atoms with van der Waals surface area (Å²) in [6, 6.07) is 3.77. The topological polar surface area (TPSA) is 98.4 Å². The molecule has 0 unspecified atom stereocenters. The second-order valence-corrected chi connectivity index (χ2v) is 10.2. The second-order valence-electron chi connectivity index (χ2n) is 9.76. The standard InChI is InChI=1S/C24H25ClF3N5O3/c25-16-9-14(26)1-2-17(16)33-8-7-24(23(33)36)5-3-15(4-6-24)31-21(34)18-19(30-12-29-18)22(35)32-10-13(11-32)20(27)28/h1-2,9,12-13,15,20H,3-8,10-11H2,(H,29,30)(H,31,34). The summed E-state index contributed by atoms with van der Waals surface area (Å²) in [6.45, 7) is 0.369. The van der Waals surface area contributed by atoms with E-state index in [0.29, 0.717) is 44.3 Å². The summed E-state index contributed by atoms with van der Waals surface area (Å²) in [4.78, 5) is 48.3. The fourth-order valence-electron chi connectivity index (χ4n) is 5.41. The van der Waals surface area contributed by atoms with Gasteiger partial charge in [-0.2, -0.15) is 0 Å². The Labute approximate surface area is 210 Å². The minimum Gasteiger partial charge on any atom is -0.348 e. The number of carbonyl (C=O) groups is 3. The van der Waals surface area contributed by atoms with Crippen LogP contribution in [-0.2, 0) is 4.79 Å².